The molecule has 0 aromatic heterocycles. The normalized spacial score (nSPS) is 10.2. The van der Waals surface area contributed by atoms with Crippen LogP contribution in [-0.4, -0.2) is 12.6 Å². The van der Waals surface area contributed by atoms with Crippen LogP contribution < -0.4 is 5.73 Å². The van der Waals surface area contributed by atoms with Crippen molar-refractivity contribution < 1.29 is 9.53 Å². The highest BCUT2D eigenvalue weighted by Crippen LogP contribution is 2.19. The minimum atomic E-state index is -0.394. The molecule has 0 fully saturated rings. The second-order valence-corrected chi connectivity index (χ2v) is 5.02. The molecule has 0 saturated heterocycles. The number of halogens is 1. The number of carbonyl (C=O) groups is 1. The van der Waals surface area contributed by atoms with Gasteiger partial charge in [0.05, 0.1) is 12.2 Å². The number of benzene rings is 2. The molecule has 0 atom stereocenters. The van der Waals surface area contributed by atoms with Crippen LogP contribution in [0.1, 0.15) is 15.9 Å². The molecule has 2 rings (SSSR count). The summed E-state index contributed by atoms with van der Waals surface area (Å²) in [5.41, 5.74) is 7.70. The number of nitrogens with two attached hydrogens (primary N) is 1. The van der Waals surface area contributed by atoms with Crippen LogP contribution >= 0.6 is 15.9 Å². The van der Waals surface area contributed by atoms with Gasteiger partial charge in [-0.1, -0.05) is 46.3 Å². The van der Waals surface area contributed by atoms with Crippen LogP contribution in [-0.2, 0) is 11.2 Å². The van der Waals surface area contributed by atoms with Crippen LogP contribution in [0.2, 0.25) is 0 Å². The Bertz CT molecular complexity index is 570. The Hall–Kier alpha value is -1.81. The van der Waals surface area contributed by atoms with E-state index < -0.39 is 5.97 Å². The largest absolute Gasteiger partial charge is 0.462 e. The van der Waals surface area contributed by atoms with Crippen LogP contribution in [0, 0.1) is 0 Å². The molecule has 0 amide bonds. The third kappa shape index (κ3) is 3.83. The molecule has 2 aromatic rings. The first-order valence-electron chi connectivity index (χ1n) is 5.93. The monoisotopic (exact) mass is 319 g/mol. The number of carbonyl (C=O) groups excluding carboxylic acids is 1. The molecule has 0 heterocycles. The maximum absolute atomic E-state index is 11.9. The molecular formula is C15H14BrNO2. The van der Waals surface area contributed by atoms with Crippen molar-refractivity contribution in [3.05, 3.63) is 64.1 Å². The average Bonchev–Trinajstić information content (AvgIpc) is 2.42. The van der Waals surface area contributed by atoms with Crippen molar-refractivity contribution in [3.8, 4) is 0 Å². The molecule has 0 radical (unpaired) electrons. The number of esters is 1. The van der Waals surface area contributed by atoms with E-state index in [1.54, 1.807) is 18.2 Å². The summed E-state index contributed by atoms with van der Waals surface area (Å²) in [5.74, 6) is -0.394. The predicted octanol–water partition coefficient (Wildman–Crippen LogP) is 3.43. The zero-order valence-electron chi connectivity index (χ0n) is 10.3. The Labute approximate surface area is 120 Å². The third-order valence-corrected chi connectivity index (χ3v) is 3.20. The van der Waals surface area contributed by atoms with E-state index in [4.69, 9.17) is 10.5 Å². The highest BCUT2D eigenvalue weighted by molar-refractivity contribution is 9.10. The van der Waals surface area contributed by atoms with E-state index in [9.17, 15) is 4.79 Å². The molecule has 4 heteroatoms. The lowest BCUT2D eigenvalue weighted by Crippen LogP contribution is -2.10. The predicted molar refractivity (Wildman–Crippen MR) is 79.0 cm³/mol. The smallest absolute Gasteiger partial charge is 0.340 e. The fourth-order valence-electron chi connectivity index (χ4n) is 1.69. The van der Waals surface area contributed by atoms with Crippen LogP contribution in [0.4, 0.5) is 5.69 Å². The molecule has 0 saturated carbocycles. The minimum Gasteiger partial charge on any atom is -0.462 e. The molecule has 2 aromatic carbocycles. The number of rotatable bonds is 4. The Balaban J connectivity index is 1.93. The van der Waals surface area contributed by atoms with E-state index in [2.05, 4.69) is 15.9 Å². The summed E-state index contributed by atoms with van der Waals surface area (Å²) in [4.78, 5) is 11.9. The van der Waals surface area contributed by atoms with E-state index in [0.29, 0.717) is 24.3 Å². The van der Waals surface area contributed by atoms with Crippen LogP contribution in [0.5, 0.6) is 0 Å². The molecule has 19 heavy (non-hydrogen) atoms. The number of hydrogen-bond donors (Lipinski definition) is 1. The topological polar surface area (TPSA) is 52.3 Å². The summed E-state index contributed by atoms with van der Waals surface area (Å²) in [6, 6.07) is 15.0. The molecule has 0 unspecified atom stereocenters. The second kappa shape index (κ2) is 6.38. The Morgan fingerprint density at radius 3 is 2.63 bits per heavy atom. The van der Waals surface area contributed by atoms with Gasteiger partial charge in [0.15, 0.2) is 0 Å². The first kappa shape index (κ1) is 13.6. The van der Waals surface area contributed by atoms with E-state index >= 15 is 0 Å². The Morgan fingerprint density at radius 2 is 1.89 bits per heavy atom. The fourth-order valence-corrected chi connectivity index (χ4v) is 2.05. The molecule has 0 aliphatic rings. The van der Waals surface area contributed by atoms with Gasteiger partial charge in [-0.15, -0.1) is 0 Å². The van der Waals surface area contributed by atoms with Crippen molar-refractivity contribution in [2.75, 3.05) is 12.3 Å². The van der Waals surface area contributed by atoms with Crippen molar-refractivity contribution in [2.45, 2.75) is 6.42 Å². The highest BCUT2D eigenvalue weighted by atomic mass is 79.9. The van der Waals surface area contributed by atoms with Gasteiger partial charge in [0.2, 0.25) is 0 Å². The number of anilines is 1. The van der Waals surface area contributed by atoms with E-state index in [-0.39, 0.29) is 0 Å². The average molecular weight is 320 g/mol. The lowest BCUT2D eigenvalue weighted by Gasteiger charge is -2.07. The standard InChI is InChI=1S/C15H14BrNO2/c16-12-6-7-14(17)13(10-12)15(18)19-9-8-11-4-2-1-3-5-11/h1-7,10H,8-9,17H2. The first-order chi connectivity index (χ1) is 9.16. The summed E-state index contributed by atoms with van der Waals surface area (Å²) in [5, 5.41) is 0. The lowest BCUT2D eigenvalue weighted by molar-refractivity contribution is 0.0510. The summed E-state index contributed by atoms with van der Waals surface area (Å²) in [6.45, 7) is 0.342. The van der Waals surface area contributed by atoms with Crippen LogP contribution in [0.15, 0.2) is 53.0 Å². The Morgan fingerprint density at radius 1 is 1.16 bits per heavy atom. The molecule has 0 aliphatic heterocycles. The van der Waals surface area contributed by atoms with Gasteiger partial charge in [-0.05, 0) is 23.8 Å². The Kier molecular flexibility index (Phi) is 4.58. The van der Waals surface area contributed by atoms with Gasteiger partial charge in [0, 0.05) is 16.6 Å². The SMILES string of the molecule is Nc1ccc(Br)cc1C(=O)OCCc1ccccc1. The van der Waals surface area contributed by atoms with Gasteiger partial charge < -0.3 is 10.5 Å². The van der Waals surface area contributed by atoms with E-state index in [0.717, 1.165) is 10.0 Å². The van der Waals surface area contributed by atoms with Crippen LogP contribution in [0.3, 0.4) is 0 Å². The maximum atomic E-state index is 11.9. The van der Waals surface area contributed by atoms with Crippen molar-refractivity contribution >= 4 is 27.6 Å². The zero-order chi connectivity index (χ0) is 13.7. The molecule has 3 nitrogen and oxygen atoms in total. The summed E-state index contributed by atoms with van der Waals surface area (Å²) < 4.78 is 6.03. The van der Waals surface area contributed by atoms with Gasteiger partial charge in [-0.25, -0.2) is 4.79 Å². The van der Waals surface area contributed by atoms with Crippen LogP contribution in [0.25, 0.3) is 0 Å². The van der Waals surface area contributed by atoms with Crippen molar-refractivity contribution in [3.63, 3.8) is 0 Å². The highest BCUT2D eigenvalue weighted by Gasteiger charge is 2.11. The summed E-state index contributed by atoms with van der Waals surface area (Å²) >= 11 is 3.31. The number of nitrogen functional groups attached to an aromatic ring is 1. The molecule has 0 aliphatic carbocycles. The van der Waals surface area contributed by atoms with Gasteiger partial charge >= 0.3 is 5.97 Å². The molecule has 0 bridgehead atoms. The molecule has 98 valence electrons. The number of ether oxygens (including phenoxy) is 1. The van der Waals surface area contributed by atoms with Crippen molar-refractivity contribution in [1.82, 2.24) is 0 Å². The molecular weight excluding hydrogens is 306 g/mol. The van der Waals surface area contributed by atoms with E-state index in [1.165, 1.54) is 0 Å². The van der Waals surface area contributed by atoms with Gasteiger partial charge in [0.1, 0.15) is 0 Å². The zero-order valence-corrected chi connectivity index (χ0v) is 11.9. The van der Waals surface area contributed by atoms with Crippen molar-refractivity contribution in [1.29, 1.82) is 0 Å². The molecule has 0 spiro atoms. The summed E-state index contributed by atoms with van der Waals surface area (Å²) in [7, 11) is 0. The maximum Gasteiger partial charge on any atom is 0.340 e. The van der Waals surface area contributed by atoms with Gasteiger partial charge in [-0.2, -0.15) is 0 Å². The fraction of sp³-hybridized carbons (Fsp3) is 0.133. The summed E-state index contributed by atoms with van der Waals surface area (Å²) in [6.07, 6.45) is 0.695. The van der Waals surface area contributed by atoms with Gasteiger partial charge in [0.25, 0.3) is 0 Å². The minimum absolute atomic E-state index is 0.342. The van der Waals surface area contributed by atoms with Crippen molar-refractivity contribution in [2.24, 2.45) is 0 Å². The lowest BCUT2D eigenvalue weighted by atomic mass is 10.1. The second-order valence-electron chi connectivity index (χ2n) is 4.10. The van der Waals surface area contributed by atoms with E-state index in [1.807, 2.05) is 30.3 Å². The third-order valence-electron chi connectivity index (χ3n) is 2.70. The quantitative estimate of drug-likeness (QED) is 0.693. The first-order valence-corrected chi connectivity index (χ1v) is 6.72. The molecule has 2 N–H and O–H groups in total. The number of hydrogen-bond acceptors (Lipinski definition) is 3. The van der Waals surface area contributed by atoms with Gasteiger partial charge in [-0.3, -0.25) is 0 Å².